The van der Waals surface area contributed by atoms with Gasteiger partial charge in [0.2, 0.25) is 5.91 Å². The lowest BCUT2D eigenvalue weighted by Gasteiger charge is -2.20. The number of hydrogen-bond acceptors (Lipinski definition) is 4. The van der Waals surface area contributed by atoms with Crippen molar-refractivity contribution in [1.82, 2.24) is 5.32 Å². The molecule has 0 unspecified atom stereocenters. The van der Waals surface area contributed by atoms with Gasteiger partial charge in [0, 0.05) is 20.7 Å². The lowest BCUT2D eigenvalue weighted by Crippen LogP contribution is -2.36. The van der Waals surface area contributed by atoms with E-state index in [4.69, 9.17) is 10.00 Å². The fraction of sp³-hybridized carbons (Fsp3) is 0.429. The number of benzene rings is 1. The van der Waals surface area contributed by atoms with E-state index in [2.05, 4.69) is 11.4 Å². The zero-order chi connectivity index (χ0) is 14.3. The Hall–Kier alpha value is -2.06. The van der Waals surface area contributed by atoms with Crippen LogP contribution in [-0.2, 0) is 9.53 Å². The van der Waals surface area contributed by atoms with E-state index in [1.54, 1.807) is 19.1 Å². The van der Waals surface area contributed by atoms with Crippen LogP contribution in [-0.4, -0.2) is 39.8 Å². The number of methoxy groups -OCH3 is 1. The molecule has 0 saturated heterocycles. The van der Waals surface area contributed by atoms with Crippen LogP contribution in [0.2, 0.25) is 0 Å². The third-order valence-corrected chi connectivity index (χ3v) is 2.69. The number of ether oxygens (including phenoxy) is 1. The molecule has 0 heterocycles. The first-order valence-corrected chi connectivity index (χ1v) is 6.06. The van der Waals surface area contributed by atoms with Gasteiger partial charge in [-0.05, 0) is 24.6 Å². The Kier molecular flexibility index (Phi) is 5.83. The highest BCUT2D eigenvalue weighted by Gasteiger charge is 2.11. The number of amides is 1. The van der Waals surface area contributed by atoms with Gasteiger partial charge in [-0.25, -0.2) is 0 Å². The molecular weight excluding hydrogens is 242 g/mol. The van der Waals surface area contributed by atoms with Crippen LogP contribution in [0, 0.1) is 18.3 Å². The highest BCUT2D eigenvalue weighted by Crippen LogP contribution is 2.19. The lowest BCUT2D eigenvalue weighted by molar-refractivity contribution is -0.119. The average molecular weight is 261 g/mol. The molecule has 1 N–H and O–H groups in total. The Morgan fingerprint density at radius 1 is 1.53 bits per heavy atom. The van der Waals surface area contributed by atoms with Crippen molar-refractivity contribution in [1.29, 1.82) is 5.26 Å². The highest BCUT2D eigenvalue weighted by molar-refractivity contribution is 5.81. The Morgan fingerprint density at radius 3 is 2.89 bits per heavy atom. The van der Waals surface area contributed by atoms with Crippen molar-refractivity contribution in [2.24, 2.45) is 0 Å². The number of carbonyl (C=O) groups is 1. The normalized spacial score (nSPS) is 9.79. The first-order chi connectivity index (χ1) is 9.08. The van der Waals surface area contributed by atoms with Gasteiger partial charge >= 0.3 is 0 Å². The van der Waals surface area contributed by atoms with Crippen LogP contribution in [0.1, 0.15) is 11.1 Å². The van der Waals surface area contributed by atoms with Crippen molar-refractivity contribution < 1.29 is 9.53 Å². The van der Waals surface area contributed by atoms with E-state index >= 15 is 0 Å². The molecule has 0 saturated carbocycles. The van der Waals surface area contributed by atoms with E-state index in [1.165, 1.54) is 0 Å². The predicted octanol–water partition coefficient (Wildman–Crippen LogP) is 1.07. The molecule has 1 rings (SSSR count). The quantitative estimate of drug-likeness (QED) is 0.778. The Labute approximate surface area is 113 Å². The van der Waals surface area contributed by atoms with Gasteiger partial charge in [0.15, 0.2) is 0 Å². The Morgan fingerprint density at radius 2 is 2.26 bits per heavy atom. The molecule has 0 bridgehead atoms. The van der Waals surface area contributed by atoms with Crippen molar-refractivity contribution in [2.75, 3.05) is 38.8 Å². The summed E-state index contributed by atoms with van der Waals surface area (Å²) in [5.41, 5.74) is 2.36. The number of rotatable bonds is 6. The number of likely N-dealkylation sites (N-methyl/N-ethyl adjacent to an activating group) is 1. The molecule has 0 aromatic heterocycles. The fourth-order valence-corrected chi connectivity index (χ4v) is 1.72. The topological polar surface area (TPSA) is 65.4 Å². The molecule has 1 aromatic rings. The van der Waals surface area contributed by atoms with E-state index < -0.39 is 0 Å². The summed E-state index contributed by atoms with van der Waals surface area (Å²) < 4.78 is 4.86. The largest absolute Gasteiger partial charge is 0.383 e. The molecule has 0 spiro atoms. The molecule has 5 nitrogen and oxygen atoms in total. The summed E-state index contributed by atoms with van der Waals surface area (Å²) in [4.78, 5) is 13.4. The van der Waals surface area contributed by atoms with Crippen molar-refractivity contribution >= 4 is 11.6 Å². The summed E-state index contributed by atoms with van der Waals surface area (Å²) in [5.74, 6) is -0.0935. The molecule has 0 atom stereocenters. The molecular formula is C14H19N3O2. The van der Waals surface area contributed by atoms with Crippen molar-refractivity contribution in [3.05, 3.63) is 29.3 Å². The molecule has 102 valence electrons. The maximum atomic E-state index is 11.7. The standard InChI is InChI=1S/C14H19N3O2/c1-11-4-5-13(12(8-11)9-15)17(2)10-14(18)16-6-7-19-3/h4-5,8H,6-7,10H2,1-3H3,(H,16,18). The number of aryl methyl sites for hydroxylation is 1. The second-order valence-electron chi connectivity index (χ2n) is 4.33. The molecule has 19 heavy (non-hydrogen) atoms. The number of nitrogens with one attached hydrogen (secondary N) is 1. The second kappa shape index (κ2) is 7.39. The molecule has 5 heteroatoms. The molecule has 0 aliphatic rings. The molecule has 0 aliphatic carbocycles. The Balaban J connectivity index is 2.65. The predicted molar refractivity (Wildman–Crippen MR) is 74.0 cm³/mol. The van der Waals surface area contributed by atoms with Crippen LogP contribution in [0.4, 0.5) is 5.69 Å². The summed E-state index contributed by atoms with van der Waals surface area (Å²) in [6.45, 7) is 3.12. The number of hydrogen-bond donors (Lipinski definition) is 1. The zero-order valence-electron chi connectivity index (χ0n) is 11.6. The lowest BCUT2D eigenvalue weighted by atomic mass is 10.1. The summed E-state index contributed by atoms with van der Waals surface area (Å²) in [6, 6.07) is 7.75. The van der Waals surface area contributed by atoms with Gasteiger partial charge in [-0.15, -0.1) is 0 Å². The highest BCUT2D eigenvalue weighted by atomic mass is 16.5. The third kappa shape index (κ3) is 4.60. The first kappa shape index (κ1) is 15.0. The zero-order valence-corrected chi connectivity index (χ0v) is 11.6. The molecule has 1 amide bonds. The minimum absolute atomic E-state index is 0.0935. The first-order valence-electron chi connectivity index (χ1n) is 6.06. The number of anilines is 1. The summed E-state index contributed by atoms with van der Waals surface area (Å²) >= 11 is 0. The van der Waals surface area contributed by atoms with Crippen LogP contribution in [0.15, 0.2) is 18.2 Å². The number of nitrogens with zero attached hydrogens (tertiary/aromatic N) is 2. The summed E-state index contributed by atoms with van der Waals surface area (Å²) in [7, 11) is 3.38. The third-order valence-electron chi connectivity index (χ3n) is 2.69. The smallest absolute Gasteiger partial charge is 0.239 e. The van der Waals surface area contributed by atoms with Gasteiger partial charge < -0.3 is 15.0 Å². The monoisotopic (exact) mass is 261 g/mol. The van der Waals surface area contributed by atoms with Gasteiger partial charge in [0.25, 0.3) is 0 Å². The van der Waals surface area contributed by atoms with Crippen LogP contribution in [0.25, 0.3) is 0 Å². The van der Waals surface area contributed by atoms with E-state index in [9.17, 15) is 4.79 Å². The van der Waals surface area contributed by atoms with Crippen LogP contribution in [0.3, 0.4) is 0 Å². The molecule has 0 fully saturated rings. The minimum Gasteiger partial charge on any atom is -0.383 e. The SMILES string of the molecule is COCCNC(=O)CN(C)c1ccc(C)cc1C#N. The van der Waals surface area contributed by atoms with E-state index in [1.807, 2.05) is 25.1 Å². The molecule has 0 radical (unpaired) electrons. The van der Waals surface area contributed by atoms with Gasteiger partial charge in [-0.3, -0.25) is 4.79 Å². The fourth-order valence-electron chi connectivity index (χ4n) is 1.72. The van der Waals surface area contributed by atoms with E-state index in [-0.39, 0.29) is 12.5 Å². The van der Waals surface area contributed by atoms with Crippen LogP contribution < -0.4 is 10.2 Å². The van der Waals surface area contributed by atoms with E-state index in [0.717, 1.165) is 11.3 Å². The van der Waals surface area contributed by atoms with Gasteiger partial charge in [-0.1, -0.05) is 6.07 Å². The number of carbonyl (C=O) groups excluding carboxylic acids is 1. The maximum Gasteiger partial charge on any atom is 0.239 e. The van der Waals surface area contributed by atoms with Gasteiger partial charge in [-0.2, -0.15) is 5.26 Å². The van der Waals surface area contributed by atoms with Crippen LogP contribution in [0.5, 0.6) is 0 Å². The van der Waals surface area contributed by atoms with Crippen LogP contribution >= 0.6 is 0 Å². The summed E-state index contributed by atoms with van der Waals surface area (Å²) in [5, 5.41) is 11.9. The summed E-state index contributed by atoms with van der Waals surface area (Å²) in [6.07, 6.45) is 0. The van der Waals surface area contributed by atoms with Gasteiger partial charge in [0.1, 0.15) is 6.07 Å². The van der Waals surface area contributed by atoms with Gasteiger partial charge in [0.05, 0.1) is 24.4 Å². The minimum atomic E-state index is -0.0935. The Bertz CT molecular complexity index is 480. The second-order valence-corrected chi connectivity index (χ2v) is 4.33. The van der Waals surface area contributed by atoms with Crippen molar-refractivity contribution in [2.45, 2.75) is 6.92 Å². The number of nitriles is 1. The van der Waals surface area contributed by atoms with Crippen molar-refractivity contribution in [3.63, 3.8) is 0 Å². The van der Waals surface area contributed by atoms with E-state index in [0.29, 0.717) is 18.7 Å². The van der Waals surface area contributed by atoms with Crippen molar-refractivity contribution in [3.8, 4) is 6.07 Å². The maximum absolute atomic E-state index is 11.7. The molecule has 1 aromatic carbocycles. The molecule has 0 aliphatic heterocycles. The average Bonchev–Trinajstić information content (AvgIpc) is 2.38.